The summed E-state index contributed by atoms with van der Waals surface area (Å²) in [6.45, 7) is -0.616. The zero-order valence-corrected chi connectivity index (χ0v) is 17.0. The highest BCUT2D eigenvalue weighted by atomic mass is 32.2. The number of amides is 2. The standard InChI is InChI=1S/C21H22N2O5S/c1-23(14-19(24)22-16-7-6-8-17(13-16)27-2)20(25)15-28-21(26)11-12-29-18-9-4-3-5-10-18/h3-13H,14-15H2,1-2H3,(H,22,24)/b12-11+. The van der Waals surface area contributed by atoms with E-state index in [2.05, 4.69) is 5.32 Å². The smallest absolute Gasteiger partial charge is 0.331 e. The molecule has 0 aliphatic carbocycles. The Kier molecular flexibility index (Phi) is 8.78. The van der Waals surface area contributed by atoms with Gasteiger partial charge in [0.05, 0.1) is 13.7 Å². The van der Waals surface area contributed by atoms with Crippen LogP contribution in [0.25, 0.3) is 0 Å². The van der Waals surface area contributed by atoms with E-state index in [9.17, 15) is 14.4 Å². The maximum absolute atomic E-state index is 12.1. The van der Waals surface area contributed by atoms with Crippen LogP contribution in [0.5, 0.6) is 5.75 Å². The van der Waals surface area contributed by atoms with E-state index >= 15 is 0 Å². The molecule has 29 heavy (non-hydrogen) atoms. The second kappa shape index (κ2) is 11.6. The fourth-order valence-corrected chi connectivity index (χ4v) is 2.81. The fraction of sp³-hybridized carbons (Fsp3) is 0.190. The lowest BCUT2D eigenvalue weighted by Crippen LogP contribution is -2.37. The van der Waals surface area contributed by atoms with Crippen molar-refractivity contribution in [2.45, 2.75) is 4.90 Å². The van der Waals surface area contributed by atoms with Gasteiger partial charge in [0.15, 0.2) is 6.61 Å². The predicted octanol–water partition coefficient (Wildman–Crippen LogP) is 2.94. The van der Waals surface area contributed by atoms with E-state index in [1.165, 1.54) is 36.9 Å². The minimum absolute atomic E-state index is 0.173. The molecule has 0 atom stereocenters. The first-order chi connectivity index (χ1) is 14.0. The molecule has 2 rings (SSSR count). The molecule has 0 bridgehead atoms. The van der Waals surface area contributed by atoms with E-state index in [0.717, 1.165) is 4.90 Å². The van der Waals surface area contributed by atoms with Crippen LogP contribution in [0.3, 0.4) is 0 Å². The van der Waals surface area contributed by atoms with Gasteiger partial charge in [-0.1, -0.05) is 36.0 Å². The number of carbonyl (C=O) groups excluding carboxylic acids is 3. The summed E-state index contributed by atoms with van der Waals surface area (Å²) in [5.41, 5.74) is 0.558. The molecular formula is C21H22N2O5S. The molecule has 0 unspecified atom stereocenters. The maximum Gasteiger partial charge on any atom is 0.331 e. The second-order valence-electron chi connectivity index (χ2n) is 5.87. The van der Waals surface area contributed by atoms with Crippen molar-refractivity contribution in [2.75, 3.05) is 32.6 Å². The van der Waals surface area contributed by atoms with Crippen LogP contribution in [-0.2, 0) is 19.1 Å². The minimum atomic E-state index is -0.629. The number of esters is 1. The first kappa shape index (κ1) is 22.0. The summed E-state index contributed by atoms with van der Waals surface area (Å²) >= 11 is 1.36. The molecule has 0 aliphatic heterocycles. The van der Waals surface area contributed by atoms with Crippen molar-refractivity contribution in [3.8, 4) is 5.75 Å². The maximum atomic E-state index is 12.1. The zero-order chi connectivity index (χ0) is 21.1. The summed E-state index contributed by atoms with van der Waals surface area (Å²) in [6.07, 6.45) is 1.25. The summed E-state index contributed by atoms with van der Waals surface area (Å²) in [5.74, 6) is -0.878. The van der Waals surface area contributed by atoms with E-state index in [0.29, 0.717) is 11.4 Å². The van der Waals surface area contributed by atoms with E-state index < -0.39 is 18.5 Å². The summed E-state index contributed by atoms with van der Waals surface area (Å²) in [6, 6.07) is 16.4. The van der Waals surface area contributed by atoms with Gasteiger partial charge in [0.1, 0.15) is 5.75 Å². The third-order valence-electron chi connectivity index (χ3n) is 3.65. The van der Waals surface area contributed by atoms with E-state index in [1.807, 2.05) is 30.3 Å². The number of ether oxygens (including phenoxy) is 2. The summed E-state index contributed by atoms with van der Waals surface area (Å²) in [5, 5.41) is 4.27. The van der Waals surface area contributed by atoms with Gasteiger partial charge in [-0.25, -0.2) is 4.79 Å². The summed E-state index contributed by atoms with van der Waals surface area (Å²) < 4.78 is 10.0. The van der Waals surface area contributed by atoms with Crippen LogP contribution in [-0.4, -0.2) is 50.0 Å². The second-order valence-corrected chi connectivity index (χ2v) is 6.85. The van der Waals surface area contributed by atoms with Gasteiger partial charge in [0.25, 0.3) is 5.91 Å². The number of likely N-dealkylation sites (N-methyl/N-ethyl adjacent to an activating group) is 1. The Labute approximate surface area is 173 Å². The molecule has 0 aromatic heterocycles. The van der Waals surface area contributed by atoms with Crippen molar-refractivity contribution in [2.24, 2.45) is 0 Å². The average Bonchev–Trinajstić information content (AvgIpc) is 2.72. The lowest BCUT2D eigenvalue weighted by molar-refractivity contribution is -0.148. The number of benzene rings is 2. The molecule has 0 saturated carbocycles. The number of methoxy groups -OCH3 is 1. The van der Waals surface area contributed by atoms with Gasteiger partial charge in [-0.05, 0) is 29.7 Å². The monoisotopic (exact) mass is 414 g/mol. The van der Waals surface area contributed by atoms with Crippen molar-refractivity contribution in [1.82, 2.24) is 4.90 Å². The number of rotatable bonds is 9. The van der Waals surface area contributed by atoms with Gasteiger partial charge in [-0.2, -0.15) is 0 Å². The molecule has 0 radical (unpaired) electrons. The molecule has 1 N–H and O–H groups in total. The van der Waals surface area contributed by atoms with Crippen molar-refractivity contribution in [3.05, 3.63) is 66.1 Å². The van der Waals surface area contributed by atoms with Gasteiger partial charge >= 0.3 is 5.97 Å². The Bertz CT molecular complexity index is 870. The third-order valence-corrected chi connectivity index (χ3v) is 4.47. The Hall–Kier alpha value is -3.26. The molecule has 152 valence electrons. The summed E-state index contributed by atoms with van der Waals surface area (Å²) in [7, 11) is 2.99. The molecule has 7 nitrogen and oxygen atoms in total. The van der Waals surface area contributed by atoms with Crippen LogP contribution in [0.15, 0.2) is 71.0 Å². The molecule has 0 fully saturated rings. The number of carbonyl (C=O) groups is 3. The molecular weight excluding hydrogens is 392 g/mol. The molecule has 2 aromatic rings. The molecule has 0 aliphatic rings. The summed E-state index contributed by atoms with van der Waals surface area (Å²) in [4.78, 5) is 38.0. The molecule has 8 heteroatoms. The SMILES string of the molecule is COc1cccc(NC(=O)CN(C)C(=O)COC(=O)/C=C/Sc2ccccc2)c1. The van der Waals surface area contributed by atoms with Gasteiger partial charge in [0.2, 0.25) is 5.91 Å². The topological polar surface area (TPSA) is 84.9 Å². The largest absolute Gasteiger partial charge is 0.497 e. The number of hydrogen-bond donors (Lipinski definition) is 1. The lowest BCUT2D eigenvalue weighted by Gasteiger charge is -2.16. The fourth-order valence-electron chi connectivity index (χ4n) is 2.16. The Morgan fingerprint density at radius 3 is 2.59 bits per heavy atom. The van der Waals surface area contributed by atoms with Crippen LogP contribution >= 0.6 is 11.8 Å². The average molecular weight is 414 g/mol. The number of nitrogens with one attached hydrogen (secondary N) is 1. The normalized spacial score (nSPS) is 10.4. The molecule has 0 spiro atoms. The van der Waals surface area contributed by atoms with Gasteiger partial charge in [-0.15, -0.1) is 0 Å². The van der Waals surface area contributed by atoms with Crippen molar-refractivity contribution in [3.63, 3.8) is 0 Å². The number of hydrogen-bond acceptors (Lipinski definition) is 6. The van der Waals surface area contributed by atoms with Crippen LogP contribution < -0.4 is 10.1 Å². The predicted molar refractivity (Wildman–Crippen MR) is 112 cm³/mol. The van der Waals surface area contributed by atoms with Crippen LogP contribution in [0, 0.1) is 0 Å². The Morgan fingerprint density at radius 1 is 1.10 bits per heavy atom. The van der Waals surface area contributed by atoms with Crippen molar-refractivity contribution < 1.29 is 23.9 Å². The zero-order valence-electron chi connectivity index (χ0n) is 16.2. The van der Waals surface area contributed by atoms with Crippen molar-refractivity contribution in [1.29, 1.82) is 0 Å². The molecule has 2 amide bonds. The number of anilines is 1. The lowest BCUT2D eigenvalue weighted by atomic mass is 10.3. The van der Waals surface area contributed by atoms with Gasteiger partial charge in [-0.3, -0.25) is 9.59 Å². The van der Waals surface area contributed by atoms with Gasteiger partial charge in [0, 0.05) is 29.8 Å². The minimum Gasteiger partial charge on any atom is -0.497 e. The van der Waals surface area contributed by atoms with Gasteiger partial charge < -0.3 is 19.7 Å². The van der Waals surface area contributed by atoms with Crippen LogP contribution in [0.1, 0.15) is 0 Å². The first-order valence-corrected chi connectivity index (χ1v) is 9.59. The Balaban J connectivity index is 1.72. The molecule has 0 heterocycles. The third kappa shape index (κ3) is 8.10. The Morgan fingerprint density at radius 2 is 1.86 bits per heavy atom. The highest BCUT2D eigenvalue weighted by Gasteiger charge is 2.14. The highest BCUT2D eigenvalue weighted by Crippen LogP contribution is 2.18. The molecule has 2 aromatic carbocycles. The van der Waals surface area contributed by atoms with E-state index in [1.54, 1.807) is 29.7 Å². The van der Waals surface area contributed by atoms with E-state index in [-0.39, 0.29) is 12.5 Å². The molecule has 0 saturated heterocycles. The first-order valence-electron chi connectivity index (χ1n) is 8.71. The highest BCUT2D eigenvalue weighted by molar-refractivity contribution is 8.02. The quantitative estimate of drug-likeness (QED) is 0.386. The van der Waals surface area contributed by atoms with Crippen molar-refractivity contribution >= 4 is 35.2 Å². The number of nitrogens with zero attached hydrogens (tertiary/aromatic N) is 1. The number of thioether (sulfide) groups is 1. The van der Waals surface area contributed by atoms with Crippen LogP contribution in [0.4, 0.5) is 5.69 Å². The van der Waals surface area contributed by atoms with E-state index in [4.69, 9.17) is 9.47 Å². The van der Waals surface area contributed by atoms with Crippen LogP contribution in [0.2, 0.25) is 0 Å².